The summed E-state index contributed by atoms with van der Waals surface area (Å²) >= 11 is 1.06. The van der Waals surface area contributed by atoms with Crippen LogP contribution >= 0.6 is 11.3 Å². The van der Waals surface area contributed by atoms with Crippen LogP contribution in [0.4, 0.5) is 13.2 Å². The molecule has 3 N–H and O–H groups in total. The number of hydrogen-bond acceptors (Lipinski definition) is 11. The Morgan fingerprint density at radius 1 is 1.11 bits per heavy atom. The molecule has 0 spiro atoms. The summed E-state index contributed by atoms with van der Waals surface area (Å²) in [7, 11) is 3.57. The van der Waals surface area contributed by atoms with E-state index >= 15 is 0 Å². The van der Waals surface area contributed by atoms with E-state index < -0.39 is 59.2 Å². The van der Waals surface area contributed by atoms with Crippen LogP contribution < -0.4 is 10.6 Å². The van der Waals surface area contributed by atoms with E-state index in [9.17, 15) is 42.3 Å². The Morgan fingerprint density at radius 3 is 2.32 bits per heavy atom. The van der Waals surface area contributed by atoms with Crippen LogP contribution in [0, 0.1) is 11.8 Å². The lowest BCUT2D eigenvalue weighted by molar-refractivity contribution is -0.149. The maximum Gasteiger partial charge on any atom is 0.419 e. The topological polar surface area (TPSA) is 184 Å². The predicted molar refractivity (Wildman–Crippen MR) is 186 cm³/mol. The van der Waals surface area contributed by atoms with Gasteiger partial charge in [0.05, 0.1) is 17.5 Å². The van der Waals surface area contributed by atoms with Crippen molar-refractivity contribution < 1.29 is 47.0 Å². The lowest BCUT2D eigenvalue weighted by Crippen LogP contribution is -2.57. The van der Waals surface area contributed by atoms with Crippen molar-refractivity contribution in [1.29, 1.82) is 0 Å². The van der Waals surface area contributed by atoms with Gasteiger partial charge >= 0.3 is 18.1 Å². The maximum absolute atomic E-state index is 13.9. The highest BCUT2D eigenvalue weighted by atomic mass is 32.1. The zero-order valence-electron chi connectivity index (χ0n) is 30.7. The molecule has 0 aromatic carbocycles. The van der Waals surface area contributed by atoms with E-state index in [0.29, 0.717) is 25.2 Å². The molecular formula is C35H48F3N7O7S. The molecule has 3 heterocycles. The van der Waals surface area contributed by atoms with Crippen molar-refractivity contribution in [3.8, 4) is 0 Å². The summed E-state index contributed by atoms with van der Waals surface area (Å²) in [4.78, 5) is 80.0. The Morgan fingerprint density at radius 2 is 1.77 bits per heavy atom. The van der Waals surface area contributed by atoms with Gasteiger partial charge in [-0.1, -0.05) is 27.2 Å². The number of esters is 1. The summed E-state index contributed by atoms with van der Waals surface area (Å²) in [5.74, 6) is -3.87. The van der Waals surface area contributed by atoms with Crippen molar-refractivity contribution in [3.05, 3.63) is 39.9 Å². The minimum absolute atomic E-state index is 0.0259. The number of ether oxygens (including phenoxy) is 1. The first-order chi connectivity index (χ1) is 24.8. The van der Waals surface area contributed by atoms with E-state index in [1.165, 1.54) is 19.2 Å². The van der Waals surface area contributed by atoms with Gasteiger partial charge in [-0.25, -0.2) is 15.0 Å². The highest BCUT2D eigenvalue weighted by molar-refractivity contribution is 7.09. The number of carbonyl (C=O) groups excluding carboxylic acids is 4. The molecule has 1 saturated heterocycles. The number of nitrogens with zero attached hydrogens (tertiary/aromatic N) is 5. The van der Waals surface area contributed by atoms with Crippen molar-refractivity contribution in [3.63, 3.8) is 0 Å². The standard InChI is InChI=1S/C35H48F3N7O7S/c1-19(2)26(45(6)33(51)34(10-11-34)43-30(48)25-9-7-8-12-44(25)5)15-27(52-21(4)46)31-42-24(18-53-31)29(47)41-23(13-20(3)32(49)50)14-28-39-16-22(17-40-28)35(36,37)38/h16-20,23,25-27H,7-15H2,1-6H3,(H,41,47)(H,43,48)(H,49,50)/t20-,23+,25+,26+,27+/m0/s1. The van der Waals surface area contributed by atoms with Crippen molar-refractivity contribution in [2.24, 2.45) is 11.8 Å². The van der Waals surface area contributed by atoms with E-state index in [2.05, 4.69) is 25.6 Å². The highest BCUT2D eigenvalue weighted by Crippen LogP contribution is 2.40. The smallest absolute Gasteiger partial charge is 0.419 e. The average Bonchev–Trinajstić information content (AvgIpc) is 3.68. The third-order valence-electron chi connectivity index (χ3n) is 9.83. The predicted octanol–water partition coefficient (Wildman–Crippen LogP) is 4.01. The Balaban J connectivity index is 1.48. The van der Waals surface area contributed by atoms with Crippen molar-refractivity contribution in [2.45, 2.75) is 115 Å². The number of rotatable bonds is 16. The van der Waals surface area contributed by atoms with E-state index in [0.717, 1.165) is 37.1 Å². The van der Waals surface area contributed by atoms with Gasteiger partial charge in [-0.15, -0.1) is 11.3 Å². The molecule has 0 bridgehead atoms. The van der Waals surface area contributed by atoms with Gasteiger partial charge in [0.15, 0.2) is 6.10 Å². The number of aromatic nitrogens is 3. The van der Waals surface area contributed by atoms with Crippen molar-refractivity contribution >= 4 is 41.0 Å². The van der Waals surface area contributed by atoms with Crippen molar-refractivity contribution in [2.75, 3.05) is 20.6 Å². The third kappa shape index (κ3) is 10.9. The average molecular weight is 768 g/mol. The number of piperidine rings is 1. The molecule has 1 aliphatic heterocycles. The van der Waals surface area contributed by atoms with Crippen LogP contribution in [0.3, 0.4) is 0 Å². The summed E-state index contributed by atoms with van der Waals surface area (Å²) < 4.78 is 44.7. The van der Waals surface area contributed by atoms with Gasteiger partial charge < -0.3 is 25.4 Å². The number of amides is 3. The van der Waals surface area contributed by atoms with Crippen LogP contribution in [0.2, 0.25) is 0 Å². The van der Waals surface area contributed by atoms with Gasteiger partial charge in [0.25, 0.3) is 5.91 Å². The number of hydrogen-bond donors (Lipinski definition) is 3. The normalized spacial score (nSPS) is 19.4. The lowest BCUT2D eigenvalue weighted by atomic mass is 9.95. The number of alkyl halides is 3. The molecule has 2 fully saturated rings. The first kappa shape index (κ1) is 41.6. The Hall–Kier alpha value is -4.19. The van der Waals surface area contributed by atoms with E-state index in [1.807, 2.05) is 25.8 Å². The summed E-state index contributed by atoms with van der Waals surface area (Å²) in [6, 6.07) is -1.62. The summed E-state index contributed by atoms with van der Waals surface area (Å²) in [5.41, 5.74) is -2.10. The first-order valence-corrected chi connectivity index (χ1v) is 18.5. The number of likely N-dealkylation sites (tertiary alicyclic amines) is 1. The van der Waals surface area contributed by atoms with Gasteiger partial charge in [0.2, 0.25) is 11.8 Å². The van der Waals surface area contributed by atoms with Gasteiger partial charge in [0, 0.05) is 56.7 Å². The molecule has 1 saturated carbocycles. The fraction of sp³-hybridized carbons (Fsp3) is 0.657. The van der Waals surface area contributed by atoms with E-state index in [-0.39, 0.29) is 59.6 Å². The number of nitrogens with one attached hydrogen (secondary N) is 2. The van der Waals surface area contributed by atoms with Crippen molar-refractivity contribution in [1.82, 2.24) is 35.4 Å². The van der Waals surface area contributed by atoms with Crippen LogP contribution in [-0.2, 0) is 36.5 Å². The zero-order chi connectivity index (χ0) is 39.2. The molecule has 2 aromatic heterocycles. The minimum Gasteiger partial charge on any atom is -0.481 e. The maximum atomic E-state index is 13.9. The Kier molecular flexibility index (Phi) is 13.6. The van der Waals surface area contributed by atoms with Crippen LogP contribution in [0.5, 0.6) is 0 Å². The molecule has 0 unspecified atom stereocenters. The number of likely N-dealkylation sites (N-methyl/N-ethyl adjacent to an activating group) is 2. The molecule has 18 heteroatoms. The summed E-state index contributed by atoms with van der Waals surface area (Å²) in [5, 5.41) is 17.0. The van der Waals surface area contributed by atoms with Gasteiger partial charge in [-0.3, -0.25) is 28.9 Å². The van der Waals surface area contributed by atoms with Crippen LogP contribution in [0.15, 0.2) is 17.8 Å². The molecule has 3 amide bonds. The molecule has 53 heavy (non-hydrogen) atoms. The molecule has 5 atom stereocenters. The number of aliphatic carboxylic acids is 1. The molecule has 14 nitrogen and oxygen atoms in total. The molecule has 292 valence electrons. The SMILES string of the molecule is CC(=O)O[C@H](C[C@H](C(C)C)N(C)C(=O)C1(NC(=O)[C@H]2CCCCN2C)CC1)c1nc(C(=O)N[C@@H](Cc2ncc(C(F)(F)F)cn2)C[C@H](C)C(=O)O)cs1. The molecule has 0 radical (unpaired) electrons. The second kappa shape index (κ2) is 17.3. The molecule has 2 aromatic rings. The van der Waals surface area contributed by atoms with Gasteiger partial charge in [-0.05, 0) is 51.6 Å². The first-order valence-electron chi connectivity index (χ1n) is 17.6. The van der Waals surface area contributed by atoms with Crippen LogP contribution in [0.1, 0.15) is 106 Å². The second-order valence-electron chi connectivity index (χ2n) is 14.4. The fourth-order valence-corrected chi connectivity index (χ4v) is 7.41. The molecular weight excluding hydrogens is 719 g/mol. The van der Waals surface area contributed by atoms with Crippen LogP contribution in [-0.4, -0.2) is 104 Å². The zero-order valence-corrected chi connectivity index (χ0v) is 31.6. The number of thiazole rings is 1. The van der Waals surface area contributed by atoms with Gasteiger partial charge in [0.1, 0.15) is 22.1 Å². The monoisotopic (exact) mass is 767 g/mol. The minimum atomic E-state index is -4.64. The Bertz CT molecular complexity index is 1630. The van der Waals surface area contributed by atoms with E-state index in [4.69, 9.17) is 4.74 Å². The molecule has 2 aliphatic rings. The second-order valence-corrected chi connectivity index (χ2v) is 15.3. The quantitative estimate of drug-likeness (QED) is 0.210. The summed E-state index contributed by atoms with van der Waals surface area (Å²) in [6.45, 7) is 7.33. The summed E-state index contributed by atoms with van der Waals surface area (Å²) in [6.07, 6.45) is -0.700. The number of carbonyl (C=O) groups is 5. The van der Waals surface area contributed by atoms with E-state index in [1.54, 1.807) is 11.9 Å². The largest absolute Gasteiger partial charge is 0.481 e. The third-order valence-corrected chi connectivity index (χ3v) is 10.8. The fourth-order valence-electron chi connectivity index (χ4n) is 6.57. The molecule has 4 rings (SSSR count). The molecule has 1 aliphatic carbocycles. The number of carboxylic acids is 1. The Labute approximate surface area is 310 Å². The number of carboxylic acid groups (broad SMARTS) is 1. The van der Waals surface area contributed by atoms with Crippen LogP contribution in [0.25, 0.3) is 0 Å². The number of halogens is 3. The van der Waals surface area contributed by atoms with Gasteiger partial charge in [-0.2, -0.15) is 13.2 Å². The highest BCUT2D eigenvalue weighted by Gasteiger charge is 2.54. The lowest BCUT2D eigenvalue weighted by Gasteiger charge is -2.37.